The largest absolute Gasteiger partial charge is 0.352 e. The molecular formula is C32H36N2O2. The normalized spacial score (nSPS) is 22.7. The van der Waals surface area contributed by atoms with Crippen LogP contribution in [0.3, 0.4) is 0 Å². The highest BCUT2D eigenvalue weighted by atomic mass is 16.2. The van der Waals surface area contributed by atoms with Gasteiger partial charge in [-0.05, 0) is 70.9 Å². The van der Waals surface area contributed by atoms with Crippen LogP contribution < -0.4 is 10.6 Å². The van der Waals surface area contributed by atoms with Gasteiger partial charge < -0.3 is 10.6 Å². The quantitative estimate of drug-likeness (QED) is 0.479. The highest BCUT2D eigenvalue weighted by Crippen LogP contribution is 2.37. The van der Waals surface area contributed by atoms with Gasteiger partial charge in [0.15, 0.2) is 0 Å². The van der Waals surface area contributed by atoms with Gasteiger partial charge in [-0.3, -0.25) is 9.59 Å². The number of carbonyl (C=O) groups excluding carboxylic acids is 2. The molecule has 4 heteroatoms. The van der Waals surface area contributed by atoms with E-state index in [1.165, 1.54) is 22.3 Å². The van der Waals surface area contributed by atoms with Crippen molar-refractivity contribution in [1.82, 2.24) is 10.6 Å². The first-order chi connectivity index (χ1) is 17.5. The van der Waals surface area contributed by atoms with E-state index >= 15 is 0 Å². The summed E-state index contributed by atoms with van der Waals surface area (Å²) in [5, 5.41) is 6.29. The molecular weight excluding hydrogens is 444 g/mol. The molecule has 4 nitrogen and oxygen atoms in total. The minimum Gasteiger partial charge on any atom is -0.352 e. The highest BCUT2D eigenvalue weighted by molar-refractivity contribution is 5.80. The van der Waals surface area contributed by atoms with Crippen LogP contribution in [0.5, 0.6) is 0 Å². The molecule has 0 unspecified atom stereocenters. The van der Waals surface area contributed by atoms with E-state index in [-0.39, 0.29) is 35.5 Å². The molecule has 186 valence electrons. The van der Waals surface area contributed by atoms with E-state index in [9.17, 15) is 9.59 Å². The molecule has 0 aliphatic heterocycles. The van der Waals surface area contributed by atoms with E-state index in [1.54, 1.807) is 0 Å². The molecule has 2 amide bonds. The zero-order valence-corrected chi connectivity index (χ0v) is 21.3. The standard InChI is InChI=1S/C32H36N2O2/c1-21-27-9-5-3-7-25(27)15-17-29(21)31(35)33-19-23-11-13-24(14-12-23)20-34-32(36)30-18-16-26-8-4-6-10-28(26)22(30)2/h3-14,21-22,29-30H,15-20H2,1-2H3,(H,33,35)(H,34,36)/t21-,22+,29-,30-/m1/s1. The lowest BCUT2D eigenvalue weighted by atomic mass is 9.75. The second-order valence-electron chi connectivity index (χ2n) is 10.5. The molecule has 0 bridgehead atoms. The lowest BCUT2D eigenvalue weighted by molar-refractivity contribution is -0.127. The molecule has 3 aromatic rings. The van der Waals surface area contributed by atoms with Gasteiger partial charge in [-0.2, -0.15) is 0 Å². The SMILES string of the molecule is C[C@@H]1c2ccccc2CC[C@H]1C(=O)NCc1ccc(CNC(=O)[C@@H]2CCc3ccccc3[C@@H]2C)cc1. The number of rotatable bonds is 6. The van der Waals surface area contributed by atoms with Gasteiger partial charge in [-0.25, -0.2) is 0 Å². The first-order valence-electron chi connectivity index (χ1n) is 13.3. The summed E-state index contributed by atoms with van der Waals surface area (Å²) in [5.74, 6) is 0.780. The Morgan fingerprint density at radius 2 is 1.03 bits per heavy atom. The smallest absolute Gasteiger partial charge is 0.223 e. The fourth-order valence-corrected chi connectivity index (χ4v) is 6.10. The number of fused-ring (bicyclic) bond motifs is 2. The summed E-state index contributed by atoms with van der Waals surface area (Å²) in [4.78, 5) is 25.9. The van der Waals surface area contributed by atoms with E-state index in [1.807, 2.05) is 24.3 Å². The van der Waals surface area contributed by atoms with Crippen molar-refractivity contribution in [2.75, 3.05) is 0 Å². The summed E-state index contributed by atoms with van der Waals surface area (Å²) in [5.41, 5.74) is 7.50. The maximum absolute atomic E-state index is 12.9. The third-order valence-electron chi connectivity index (χ3n) is 8.38. The van der Waals surface area contributed by atoms with Crippen molar-refractivity contribution in [2.24, 2.45) is 11.8 Å². The van der Waals surface area contributed by atoms with Crippen molar-refractivity contribution in [3.8, 4) is 0 Å². The first-order valence-corrected chi connectivity index (χ1v) is 13.3. The average molecular weight is 481 g/mol. The summed E-state index contributed by atoms with van der Waals surface area (Å²) >= 11 is 0. The van der Waals surface area contributed by atoms with E-state index in [0.717, 1.165) is 36.8 Å². The predicted octanol–water partition coefficient (Wildman–Crippen LogP) is 5.65. The number of amides is 2. The monoisotopic (exact) mass is 480 g/mol. The van der Waals surface area contributed by atoms with Crippen LogP contribution >= 0.6 is 0 Å². The Balaban J connectivity index is 1.11. The molecule has 3 aromatic carbocycles. The molecule has 0 spiro atoms. The van der Waals surface area contributed by atoms with Crippen LogP contribution in [0.25, 0.3) is 0 Å². The summed E-state index contributed by atoms with van der Waals surface area (Å²) in [6, 6.07) is 25.1. The first kappa shape index (κ1) is 24.3. The number of aryl methyl sites for hydroxylation is 2. The second-order valence-corrected chi connectivity index (χ2v) is 10.5. The van der Waals surface area contributed by atoms with Crippen molar-refractivity contribution in [3.63, 3.8) is 0 Å². The summed E-state index contributed by atoms with van der Waals surface area (Å²) in [6.07, 6.45) is 3.72. The Morgan fingerprint density at radius 1 is 0.639 bits per heavy atom. The van der Waals surface area contributed by atoms with Crippen LogP contribution in [0.4, 0.5) is 0 Å². The molecule has 2 aliphatic carbocycles. The predicted molar refractivity (Wildman–Crippen MR) is 143 cm³/mol. The van der Waals surface area contributed by atoms with Crippen LogP contribution in [0.15, 0.2) is 72.8 Å². The zero-order valence-electron chi connectivity index (χ0n) is 21.3. The number of hydrogen-bond donors (Lipinski definition) is 2. The fraction of sp³-hybridized carbons (Fsp3) is 0.375. The average Bonchev–Trinajstić information content (AvgIpc) is 2.91. The maximum Gasteiger partial charge on any atom is 0.223 e. The van der Waals surface area contributed by atoms with Gasteiger partial charge in [-0.1, -0.05) is 86.6 Å². The van der Waals surface area contributed by atoms with E-state index in [4.69, 9.17) is 0 Å². The second kappa shape index (κ2) is 10.7. The summed E-state index contributed by atoms with van der Waals surface area (Å²) in [7, 11) is 0. The minimum absolute atomic E-state index is 0.0172. The number of carbonyl (C=O) groups is 2. The molecule has 0 heterocycles. The molecule has 2 aliphatic rings. The Bertz CT molecular complexity index is 1140. The molecule has 0 radical (unpaired) electrons. The third kappa shape index (κ3) is 5.09. The molecule has 0 saturated heterocycles. The lowest BCUT2D eigenvalue weighted by Crippen LogP contribution is -2.35. The Hall–Kier alpha value is -3.40. The molecule has 5 rings (SSSR count). The van der Waals surface area contributed by atoms with Gasteiger partial charge in [0.2, 0.25) is 11.8 Å². The Kier molecular flexibility index (Phi) is 7.22. The van der Waals surface area contributed by atoms with Gasteiger partial charge in [0.1, 0.15) is 0 Å². The number of nitrogens with one attached hydrogen (secondary N) is 2. The van der Waals surface area contributed by atoms with Crippen LogP contribution in [-0.4, -0.2) is 11.8 Å². The van der Waals surface area contributed by atoms with Crippen molar-refractivity contribution in [2.45, 2.75) is 64.5 Å². The van der Waals surface area contributed by atoms with Gasteiger partial charge >= 0.3 is 0 Å². The topological polar surface area (TPSA) is 58.2 Å². The van der Waals surface area contributed by atoms with Crippen LogP contribution in [0.2, 0.25) is 0 Å². The van der Waals surface area contributed by atoms with Gasteiger partial charge in [-0.15, -0.1) is 0 Å². The van der Waals surface area contributed by atoms with Crippen molar-refractivity contribution in [3.05, 3.63) is 106 Å². The number of hydrogen-bond acceptors (Lipinski definition) is 2. The molecule has 4 atom stereocenters. The molecule has 0 fully saturated rings. The highest BCUT2D eigenvalue weighted by Gasteiger charge is 2.32. The van der Waals surface area contributed by atoms with E-state index in [0.29, 0.717) is 13.1 Å². The van der Waals surface area contributed by atoms with Crippen LogP contribution in [0, 0.1) is 11.8 Å². The minimum atomic E-state index is 0.0172. The number of benzene rings is 3. The Labute approximate surface area is 214 Å². The molecule has 0 aromatic heterocycles. The third-order valence-corrected chi connectivity index (χ3v) is 8.38. The lowest BCUT2D eigenvalue weighted by Gasteiger charge is -2.30. The summed E-state index contributed by atoms with van der Waals surface area (Å²) < 4.78 is 0. The van der Waals surface area contributed by atoms with E-state index in [2.05, 4.69) is 73.0 Å². The van der Waals surface area contributed by atoms with Crippen LogP contribution in [0.1, 0.15) is 71.9 Å². The molecule has 36 heavy (non-hydrogen) atoms. The van der Waals surface area contributed by atoms with E-state index < -0.39 is 0 Å². The Morgan fingerprint density at radius 3 is 1.44 bits per heavy atom. The van der Waals surface area contributed by atoms with Gasteiger partial charge in [0, 0.05) is 24.9 Å². The molecule has 0 saturated carbocycles. The van der Waals surface area contributed by atoms with Crippen LogP contribution in [-0.2, 0) is 35.5 Å². The van der Waals surface area contributed by atoms with Gasteiger partial charge in [0.05, 0.1) is 0 Å². The van der Waals surface area contributed by atoms with Crippen molar-refractivity contribution < 1.29 is 9.59 Å². The fourth-order valence-electron chi connectivity index (χ4n) is 6.10. The van der Waals surface area contributed by atoms with Crippen molar-refractivity contribution >= 4 is 11.8 Å². The van der Waals surface area contributed by atoms with Gasteiger partial charge in [0.25, 0.3) is 0 Å². The summed E-state index contributed by atoms with van der Waals surface area (Å²) in [6.45, 7) is 5.38. The molecule has 2 N–H and O–H groups in total. The maximum atomic E-state index is 12.9. The van der Waals surface area contributed by atoms with Crippen molar-refractivity contribution in [1.29, 1.82) is 0 Å². The zero-order chi connectivity index (χ0) is 25.1.